The van der Waals surface area contributed by atoms with Gasteiger partial charge in [0.2, 0.25) is 0 Å². The van der Waals surface area contributed by atoms with Crippen molar-refractivity contribution in [2.24, 2.45) is 0 Å². The molecule has 5 heteroatoms. The number of carbonyl (C=O) groups is 1. The van der Waals surface area contributed by atoms with Crippen LogP contribution in [0.4, 0.5) is 5.69 Å². The number of nitrogens with one attached hydrogen (secondary N) is 2. The predicted octanol–water partition coefficient (Wildman–Crippen LogP) is 4.19. The third-order valence-electron chi connectivity index (χ3n) is 2.94. The summed E-state index contributed by atoms with van der Waals surface area (Å²) in [5, 5.41) is 5.95. The van der Waals surface area contributed by atoms with E-state index in [-0.39, 0.29) is 11.0 Å². The van der Waals surface area contributed by atoms with Crippen LogP contribution in [0.15, 0.2) is 46.9 Å². The molecule has 1 amide bonds. The standard InChI is InChI=1S/C16H15BrN2OS/c1-10-4-3-5-13(8-10)18-16(21)19-15(20)12-7-6-11(2)14(17)9-12/h3-9H,1-2H3,(H2,18,19,20,21). The number of halogens is 1. The van der Waals surface area contributed by atoms with Crippen molar-refractivity contribution in [2.45, 2.75) is 13.8 Å². The van der Waals surface area contributed by atoms with Gasteiger partial charge in [0, 0.05) is 15.7 Å². The van der Waals surface area contributed by atoms with E-state index in [9.17, 15) is 4.79 Å². The molecule has 21 heavy (non-hydrogen) atoms. The Hall–Kier alpha value is -1.72. The van der Waals surface area contributed by atoms with Crippen LogP contribution in [-0.4, -0.2) is 11.0 Å². The molecule has 0 aromatic heterocycles. The fourth-order valence-electron chi connectivity index (χ4n) is 1.79. The molecule has 0 bridgehead atoms. The number of hydrogen-bond donors (Lipinski definition) is 2. The molecule has 2 rings (SSSR count). The van der Waals surface area contributed by atoms with Gasteiger partial charge in [0.1, 0.15) is 0 Å². The summed E-state index contributed by atoms with van der Waals surface area (Å²) in [4.78, 5) is 12.1. The van der Waals surface area contributed by atoms with Crippen LogP contribution in [0.25, 0.3) is 0 Å². The number of carbonyl (C=O) groups excluding carboxylic acids is 1. The quantitative estimate of drug-likeness (QED) is 0.786. The third kappa shape index (κ3) is 4.37. The highest BCUT2D eigenvalue weighted by atomic mass is 79.9. The molecule has 0 aliphatic carbocycles. The highest BCUT2D eigenvalue weighted by Crippen LogP contribution is 2.17. The van der Waals surface area contributed by atoms with Gasteiger partial charge in [0.15, 0.2) is 5.11 Å². The Bertz CT molecular complexity index is 700. The van der Waals surface area contributed by atoms with E-state index >= 15 is 0 Å². The molecular weight excluding hydrogens is 348 g/mol. The molecule has 2 N–H and O–H groups in total. The van der Waals surface area contributed by atoms with Gasteiger partial charge in [-0.1, -0.05) is 34.1 Å². The summed E-state index contributed by atoms with van der Waals surface area (Å²) < 4.78 is 0.896. The summed E-state index contributed by atoms with van der Waals surface area (Å²) >= 11 is 8.57. The normalized spacial score (nSPS) is 10.0. The van der Waals surface area contributed by atoms with Crippen LogP contribution in [0.2, 0.25) is 0 Å². The maximum atomic E-state index is 12.1. The van der Waals surface area contributed by atoms with Gasteiger partial charge >= 0.3 is 0 Å². The largest absolute Gasteiger partial charge is 0.332 e. The van der Waals surface area contributed by atoms with Gasteiger partial charge in [0.05, 0.1) is 0 Å². The second kappa shape index (κ2) is 6.83. The molecule has 0 radical (unpaired) electrons. The fourth-order valence-corrected chi connectivity index (χ4v) is 2.38. The average molecular weight is 363 g/mol. The van der Waals surface area contributed by atoms with Crippen LogP contribution in [0.5, 0.6) is 0 Å². The number of amides is 1. The van der Waals surface area contributed by atoms with E-state index < -0.39 is 0 Å². The molecule has 0 aliphatic heterocycles. The molecule has 108 valence electrons. The summed E-state index contributed by atoms with van der Waals surface area (Å²) in [6, 6.07) is 13.2. The number of aryl methyl sites for hydroxylation is 2. The molecule has 0 unspecified atom stereocenters. The molecule has 3 nitrogen and oxygen atoms in total. The Morgan fingerprint density at radius 3 is 2.57 bits per heavy atom. The number of anilines is 1. The van der Waals surface area contributed by atoms with E-state index in [1.165, 1.54) is 0 Å². The smallest absolute Gasteiger partial charge is 0.257 e. The number of benzene rings is 2. The summed E-state index contributed by atoms with van der Waals surface area (Å²) in [6.45, 7) is 3.96. The SMILES string of the molecule is Cc1cccc(NC(=S)NC(=O)c2ccc(C)c(Br)c2)c1. The summed E-state index contributed by atoms with van der Waals surface area (Å²) in [7, 11) is 0. The van der Waals surface area contributed by atoms with Crippen molar-refractivity contribution in [1.29, 1.82) is 0 Å². The minimum atomic E-state index is -0.235. The first-order chi connectivity index (χ1) is 9.95. The van der Waals surface area contributed by atoms with Gasteiger partial charge < -0.3 is 5.32 Å². The molecule has 2 aromatic carbocycles. The van der Waals surface area contributed by atoms with Gasteiger partial charge in [0.25, 0.3) is 5.91 Å². The molecule has 0 aliphatic rings. The lowest BCUT2D eigenvalue weighted by Crippen LogP contribution is -2.34. The van der Waals surface area contributed by atoms with Crippen LogP contribution in [-0.2, 0) is 0 Å². The average Bonchev–Trinajstić information content (AvgIpc) is 2.41. The first-order valence-corrected chi connectivity index (χ1v) is 7.61. The molecule has 0 saturated carbocycles. The molecule has 2 aromatic rings. The number of thiocarbonyl (C=S) groups is 1. The number of rotatable bonds is 2. The minimum absolute atomic E-state index is 0.235. The van der Waals surface area contributed by atoms with Crippen LogP contribution in [0.3, 0.4) is 0 Å². The highest BCUT2D eigenvalue weighted by Gasteiger charge is 2.09. The monoisotopic (exact) mass is 362 g/mol. The first-order valence-electron chi connectivity index (χ1n) is 6.41. The van der Waals surface area contributed by atoms with Crippen molar-refractivity contribution in [3.8, 4) is 0 Å². The van der Waals surface area contributed by atoms with Crippen molar-refractivity contribution in [1.82, 2.24) is 5.32 Å². The van der Waals surface area contributed by atoms with E-state index in [0.717, 1.165) is 21.3 Å². The maximum Gasteiger partial charge on any atom is 0.257 e. The van der Waals surface area contributed by atoms with E-state index in [0.29, 0.717) is 5.56 Å². The lowest BCUT2D eigenvalue weighted by Gasteiger charge is -2.10. The zero-order valence-electron chi connectivity index (χ0n) is 11.7. The molecule has 0 atom stereocenters. The Kier molecular flexibility index (Phi) is 5.09. The van der Waals surface area contributed by atoms with Gasteiger partial charge in [-0.25, -0.2) is 0 Å². The zero-order chi connectivity index (χ0) is 15.4. The van der Waals surface area contributed by atoms with Crippen LogP contribution in [0.1, 0.15) is 21.5 Å². The van der Waals surface area contributed by atoms with Crippen molar-refractivity contribution in [3.05, 3.63) is 63.6 Å². The van der Waals surface area contributed by atoms with Crippen molar-refractivity contribution in [3.63, 3.8) is 0 Å². The summed E-state index contributed by atoms with van der Waals surface area (Å²) in [6.07, 6.45) is 0. The van der Waals surface area contributed by atoms with Crippen molar-refractivity contribution in [2.75, 3.05) is 5.32 Å². The van der Waals surface area contributed by atoms with E-state index in [4.69, 9.17) is 12.2 Å². The Morgan fingerprint density at radius 1 is 1.14 bits per heavy atom. The minimum Gasteiger partial charge on any atom is -0.332 e. The van der Waals surface area contributed by atoms with E-state index in [1.807, 2.05) is 44.2 Å². The lowest BCUT2D eigenvalue weighted by molar-refractivity contribution is 0.0977. The Morgan fingerprint density at radius 2 is 1.90 bits per heavy atom. The second-order valence-electron chi connectivity index (χ2n) is 4.74. The van der Waals surface area contributed by atoms with Crippen LogP contribution < -0.4 is 10.6 Å². The van der Waals surface area contributed by atoms with Gasteiger partial charge in [-0.15, -0.1) is 0 Å². The van der Waals surface area contributed by atoms with Gasteiger partial charge in [-0.3, -0.25) is 10.1 Å². The predicted molar refractivity (Wildman–Crippen MR) is 93.7 cm³/mol. The van der Waals surface area contributed by atoms with E-state index in [2.05, 4.69) is 26.6 Å². The fraction of sp³-hybridized carbons (Fsp3) is 0.125. The second-order valence-corrected chi connectivity index (χ2v) is 6.00. The number of hydrogen-bond acceptors (Lipinski definition) is 2. The highest BCUT2D eigenvalue weighted by molar-refractivity contribution is 9.10. The lowest BCUT2D eigenvalue weighted by atomic mass is 10.1. The molecule has 0 fully saturated rings. The summed E-state index contributed by atoms with van der Waals surface area (Å²) in [5.41, 5.74) is 3.61. The Labute approximate surface area is 137 Å². The maximum absolute atomic E-state index is 12.1. The Balaban J connectivity index is 2.02. The van der Waals surface area contributed by atoms with Gasteiger partial charge in [-0.2, -0.15) is 0 Å². The van der Waals surface area contributed by atoms with Crippen molar-refractivity contribution >= 4 is 44.9 Å². The summed E-state index contributed by atoms with van der Waals surface area (Å²) in [5.74, 6) is -0.235. The van der Waals surface area contributed by atoms with Crippen molar-refractivity contribution < 1.29 is 4.79 Å². The first kappa shape index (κ1) is 15.7. The van der Waals surface area contributed by atoms with Gasteiger partial charge in [-0.05, 0) is 61.5 Å². The molecule has 0 saturated heterocycles. The molecule has 0 heterocycles. The molecule has 0 spiro atoms. The molecular formula is C16H15BrN2OS. The van der Waals surface area contributed by atoms with E-state index in [1.54, 1.807) is 12.1 Å². The topological polar surface area (TPSA) is 41.1 Å². The third-order valence-corrected chi connectivity index (χ3v) is 4.00. The zero-order valence-corrected chi connectivity index (χ0v) is 14.1. The van der Waals surface area contributed by atoms with Crippen LogP contribution >= 0.6 is 28.1 Å². The van der Waals surface area contributed by atoms with Crippen LogP contribution in [0, 0.1) is 13.8 Å².